The number of nitrogens with zero attached hydrogens (tertiary/aromatic N) is 1. The number of benzene rings is 2. The second kappa shape index (κ2) is 9.05. The molecule has 0 bridgehead atoms. The number of ketones is 1. The second-order valence-electron chi connectivity index (χ2n) is 8.34. The van der Waals surface area contributed by atoms with Gasteiger partial charge in [0.05, 0.1) is 18.2 Å². The molecule has 2 aromatic carbocycles. The quantitative estimate of drug-likeness (QED) is 0.336. The van der Waals surface area contributed by atoms with E-state index in [0.29, 0.717) is 23.0 Å². The molecule has 0 unspecified atom stereocenters. The molecule has 0 amide bonds. The smallest absolute Gasteiger partial charge is 0.337 e. The summed E-state index contributed by atoms with van der Waals surface area (Å²) in [6.45, 7) is 8.64. The molecule has 0 aliphatic carbocycles. The standard InChI is InChI=1S/C25H28ClNO3/c1-15(2)12-22-23(24(28)16(3)4)19-11-10-17(25(29)30-5)13-21(19)27(22)14-18-8-6-7-9-20(18)26/h6-11,13,15-16H,12,14H2,1-5H3. The van der Waals surface area contributed by atoms with Gasteiger partial charge in [-0.05, 0) is 36.1 Å². The minimum absolute atomic E-state index is 0.111. The van der Waals surface area contributed by atoms with Crippen molar-refractivity contribution in [1.82, 2.24) is 4.57 Å². The fourth-order valence-electron chi connectivity index (χ4n) is 3.79. The van der Waals surface area contributed by atoms with Crippen LogP contribution in [0.25, 0.3) is 10.9 Å². The van der Waals surface area contributed by atoms with E-state index >= 15 is 0 Å². The Kier molecular flexibility index (Phi) is 6.67. The van der Waals surface area contributed by atoms with E-state index in [9.17, 15) is 9.59 Å². The van der Waals surface area contributed by atoms with E-state index < -0.39 is 5.97 Å². The maximum atomic E-state index is 13.2. The van der Waals surface area contributed by atoms with Crippen LogP contribution in [0.3, 0.4) is 0 Å². The number of aromatic nitrogens is 1. The van der Waals surface area contributed by atoms with Crippen LogP contribution in [0.1, 0.15) is 59.7 Å². The molecule has 0 N–H and O–H groups in total. The Morgan fingerprint density at radius 2 is 1.77 bits per heavy atom. The number of hydrogen-bond acceptors (Lipinski definition) is 3. The highest BCUT2D eigenvalue weighted by atomic mass is 35.5. The normalized spacial score (nSPS) is 11.5. The van der Waals surface area contributed by atoms with Crippen molar-refractivity contribution >= 4 is 34.3 Å². The minimum Gasteiger partial charge on any atom is -0.465 e. The lowest BCUT2D eigenvalue weighted by atomic mass is 9.94. The van der Waals surface area contributed by atoms with Gasteiger partial charge in [0, 0.05) is 34.1 Å². The molecule has 30 heavy (non-hydrogen) atoms. The second-order valence-corrected chi connectivity index (χ2v) is 8.75. The SMILES string of the molecule is COC(=O)c1ccc2c(C(=O)C(C)C)c(CC(C)C)n(Cc3ccccc3Cl)c2c1. The first-order valence-electron chi connectivity index (χ1n) is 10.3. The Hall–Kier alpha value is -2.59. The van der Waals surface area contributed by atoms with Crippen molar-refractivity contribution in [1.29, 1.82) is 0 Å². The van der Waals surface area contributed by atoms with Crippen molar-refractivity contribution < 1.29 is 14.3 Å². The molecule has 3 rings (SSSR count). The van der Waals surface area contributed by atoms with Crippen LogP contribution in [0.2, 0.25) is 5.02 Å². The topological polar surface area (TPSA) is 48.3 Å². The summed E-state index contributed by atoms with van der Waals surface area (Å²) >= 11 is 6.45. The summed E-state index contributed by atoms with van der Waals surface area (Å²) < 4.78 is 7.05. The average molecular weight is 426 g/mol. The number of Topliss-reactive ketones (excluding diaryl/α,β-unsaturated/α-hetero) is 1. The molecule has 4 nitrogen and oxygen atoms in total. The highest BCUT2D eigenvalue weighted by Gasteiger charge is 2.26. The van der Waals surface area contributed by atoms with Gasteiger partial charge in [0.1, 0.15) is 0 Å². The van der Waals surface area contributed by atoms with E-state index in [1.807, 2.05) is 50.2 Å². The summed E-state index contributed by atoms with van der Waals surface area (Å²) in [5.74, 6) is -0.0578. The van der Waals surface area contributed by atoms with Gasteiger partial charge in [-0.15, -0.1) is 0 Å². The summed E-state index contributed by atoms with van der Waals surface area (Å²) in [7, 11) is 1.37. The van der Waals surface area contributed by atoms with Gasteiger partial charge in [-0.2, -0.15) is 0 Å². The van der Waals surface area contributed by atoms with Crippen molar-refractivity contribution in [2.24, 2.45) is 11.8 Å². The number of halogens is 1. The largest absolute Gasteiger partial charge is 0.465 e. The van der Waals surface area contributed by atoms with E-state index in [4.69, 9.17) is 16.3 Å². The fraction of sp³-hybridized carbons (Fsp3) is 0.360. The molecule has 5 heteroatoms. The van der Waals surface area contributed by atoms with Crippen LogP contribution in [0.4, 0.5) is 0 Å². The summed E-state index contributed by atoms with van der Waals surface area (Å²) in [4.78, 5) is 25.4. The van der Waals surface area contributed by atoms with Crippen LogP contribution < -0.4 is 0 Å². The molecule has 0 spiro atoms. The Bertz CT molecular complexity index is 1100. The third-order valence-corrected chi connectivity index (χ3v) is 5.62. The van der Waals surface area contributed by atoms with E-state index in [1.165, 1.54) is 7.11 Å². The number of ether oxygens (including phenoxy) is 1. The molecule has 0 fully saturated rings. The third-order valence-electron chi connectivity index (χ3n) is 5.25. The van der Waals surface area contributed by atoms with Gasteiger partial charge in [0.15, 0.2) is 5.78 Å². The molecule has 3 aromatic rings. The van der Waals surface area contributed by atoms with Crippen molar-refractivity contribution in [3.8, 4) is 0 Å². The van der Waals surface area contributed by atoms with Crippen molar-refractivity contribution in [3.05, 3.63) is 69.9 Å². The molecule has 0 saturated carbocycles. The van der Waals surface area contributed by atoms with Crippen LogP contribution in [-0.2, 0) is 17.7 Å². The highest BCUT2D eigenvalue weighted by Crippen LogP contribution is 2.33. The summed E-state index contributed by atoms with van der Waals surface area (Å²) in [6.07, 6.45) is 0.750. The molecule has 1 aromatic heterocycles. The van der Waals surface area contributed by atoms with Gasteiger partial charge >= 0.3 is 5.97 Å². The highest BCUT2D eigenvalue weighted by molar-refractivity contribution is 6.31. The number of esters is 1. The first-order valence-corrected chi connectivity index (χ1v) is 10.6. The van der Waals surface area contributed by atoms with Gasteiger partial charge in [-0.3, -0.25) is 4.79 Å². The van der Waals surface area contributed by atoms with Crippen molar-refractivity contribution in [2.45, 2.75) is 40.7 Å². The Labute approximate surface area is 182 Å². The maximum absolute atomic E-state index is 13.2. The molecule has 0 radical (unpaired) electrons. The van der Waals surface area contributed by atoms with Crippen LogP contribution >= 0.6 is 11.6 Å². The Morgan fingerprint density at radius 1 is 1.07 bits per heavy atom. The van der Waals surface area contributed by atoms with E-state index in [2.05, 4.69) is 18.4 Å². The number of hydrogen-bond donors (Lipinski definition) is 0. The molecular weight excluding hydrogens is 398 g/mol. The first kappa shape index (κ1) is 22.1. The molecule has 0 atom stereocenters. The van der Waals surface area contributed by atoms with E-state index in [1.54, 1.807) is 6.07 Å². The Morgan fingerprint density at radius 3 is 2.37 bits per heavy atom. The van der Waals surface area contributed by atoms with Crippen molar-refractivity contribution in [2.75, 3.05) is 7.11 Å². The number of carbonyl (C=O) groups is 2. The van der Waals surface area contributed by atoms with Crippen LogP contribution in [-0.4, -0.2) is 23.4 Å². The lowest BCUT2D eigenvalue weighted by molar-refractivity contribution is 0.0600. The zero-order valence-corrected chi connectivity index (χ0v) is 18.9. The lowest BCUT2D eigenvalue weighted by Crippen LogP contribution is -2.14. The molecule has 0 saturated heterocycles. The molecule has 1 heterocycles. The predicted octanol–water partition coefficient (Wildman–Crippen LogP) is 6.17. The van der Waals surface area contributed by atoms with Gasteiger partial charge in [0.2, 0.25) is 0 Å². The number of rotatable bonds is 7. The minimum atomic E-state index is -0.399. The zero-order chi connectivity index (χ0) is 22.0. The van der Waals surface area contributed by atoms with Crippen LogP contribution in [0.5, 0.6) is 0 Å². The molecular formula is C25H28ClNO3. The monoisotopic (exact) mass is 425 g/mol. The first-order chi connectivity index (χ1) is 14.2. The van der Waals surface area contributed by atoms with Gasteiger partial charge in [0.25, 0.3) is 0 Å². The number of fused-ring (bicyclic) bond motifs is 1. The summed E-state index contributed by atoms with van der Waals surface area (Å²) in [5.41, 5.74) is 4.01. The molecule has 0 aliphatic heterocycles. The van der Waals surface area contributed by atoms with Gasteiger partial charge < -0.3 is 9.30 Å². The fourth-order valence-corrected chi connectivity index (χ4v) is 3.98. The third kappa shape index (κ3) is 4.29. The lowest BCUT2D eigenvalue weighted by Gasteiger charge is -2.15. The average Bonchev–Trinajstić information content (AvgIpc) is 3.00. The summed E-state index contributed by atoms with van der Waals surface area (Å²) in [6, 6.07) is 13.1. The van der Waals surface area contributed by atoms with E-state index in [0.717, 1.165) is 34.1 Å². The molecule has 158 valence electrons. The molecule has 0 aliphatic rings. The summed E-state index contributed by atoms with van der Waals surface area (Å²) in [5, 5.41) is 1.54. The Balaban J connectivity index is 2.34. The number of methoxy groups -OCH3 is 1. The van der Waals surface area contributed by atoms with Crippen molar-refractivity contribution in [3.63, 3.8) is 0 Å². The maximum Gasteiger partial charge on any atom is 0.337 e. The number of carbonyl (C=O) groups excluding carboxylic acids is 2. The zero-order valence-electron chi connectivity index (χ0n) is 18.2. The van der Waals surface area contributed by atoms with E-state index in [-0.39, 0.29) is 11.7 Å². The van der Waals surface area contributed by atoms with Gasteiger partial charge in [-0.25, -0.2) is 4.79 Å². The van der Waals surface area contributed by atoms with Gasteiger partial charge in [-0.1, -0.05) is 63.6 Å². The van der Waals surface area contributed by atoms with Crippen LogP contribution in [0, 0.1) is 11.8 Å². The predicted molar refractivity (Wildman–Crippen MR) is 122 cm³/mol. The van der Waals surface area contributed by atoms with Crippen LogP contribution in [0.15, 0.2) is 42.5 Å².